The van der Waals surface area contributed by atoms with Crippen molar-refractivity contribution in [3.8, 4) is 17.0 Å². The van der Waals surface area contributed by atoms with E-state index in [2.05, 4.69) is 28.8 Å². The highest BCUT2D eigenvalue weighted by molar-refractivity contribution is 5.59. The molecule has 0 unspecified atom stereocenters. The van der Waals surface area contributed by atoms with E-state index in [1.54, 1.807) is 6.26 Å². The van der Waals surface area contributed by atoms with Crippen molar-refractivity contribution in [2.24, 2.45) is 0 Å². The smallest absolute Gasteiger partial charge is 0.133 e. The molecule has 1 aromatic carbocycles. The molecular weight excluding hydrogens is 198 g/mol. The molecule has 78 valence electrons. The molecule has 0 atom stereocenters. The third kappa shape index (κ3) is 1.54. The van der Waals surface area contributed by atoms with Crippen molar-refractivity contribution in [1.82, 2.24) is 4.57 Å². The minimum absolute atomic E-state index is 0.902. The van der Waals surface area contributed by atoms with Gasteiger partial charge in [-0.05, 0) is 48.5 Å². The second kappa shape index (κ2) is 3.74. The average Bonchev–Trinajstić information content (AvgIpc) is 3.03. The van der Waals surface area contributed by atoms with Crippen LogP contribution in [-0.2, 0) is 0 Å². The summed E-state index contributed by atoms with van der Waals surface area (Å²) in [6.45, 7) is 0. The maximum atomic E-state index is 5.34. The molecule has 0 radical (unpaired) electrons. The van der Waals surface area contributed by atoms with E-state index in [-0.39, 0.29) is 0 Å². The van der Waals surface area contributed by atoms with Crippen LogP contribution in [0.25, 0.3) is 17.0 Å². The van der Waals surface area contributed by atoms with Crippen molar-refractivity contribution in [2.45, 2.75) is 0 Å². The van der Waals surface area contributed by atoms with Crippen molar-refractivity contribution in [3.05, 3.63) is 67.2 Å². The lowest BCUT2D eigenvalue weighted by Gasteiger charge is -2.03. The number of rotatable bonds is 2. The molecule has 2 nitrogen and oxygen atoms in total. The van der Waals surface area contributed by atoms with E-state index in [4.69, 9.17) is 4.42 Å². The number of benzene rings is 1. The quantitative estimate of drug-likeness (QED) is 0.628. The molecule has 0 saturated carbocycles. The summed E-state index contributed by atoms with van der Waals surface area (Å²) in [6, 6.07) is 16.2. The van der Waals surface area contributed by atoms with Crippen molar-refractivity contribution < 1.29 is 4.42 Å². The molecule has 3 aromatic rings. The summed E-state index contributed by atoms with van der Waals surface area (Å²) in [7, 11) is 0. The van der Waals surface area contributed by atoms with E-state index in [1.807, 2.05) is 36.7 Å². The fourth-order valence-electron chi connectivity index (χ4n) is 1.75. The van der Waals surface area contributed by atoms with Gasteiger partial charge in [0.25, 0.3) is 0 Å². The molecular formula is C14H11NO. The summed E-state index contributed by atoms with van der Waals surface area (Å²) in [5, 5.41) is 0. The Hall–Kier alpha value is -2.22. The Bertz CT molecular complexity index is 494. The molecule has 0 saturated heterocycles. The Morgan fingerprint density at radius 3 is 2.19 bits per heavy atom. The molecule has 0 aliphatic carbocycles. The first kappa shape index (κ1) is 9.04. The van der Waals surface area contributed by atoms with Crippen LogP contribution in [0.2, 0.25) is 0 Å². The number of hydrogen-bond acceptors (Lipinski definition) is 1. The van der Waals surface area contributed by atoms with E-state index in [0.717, 1.165) is 17.0 Å². The lowest BCUT2D eigenvalue weighted by Crippen LogP contribution is -1.88. The van der Waals surface area contributed by atoms with Crippen molar-refractivity contribution in [2.75, 3.05) is 0 Å². The monoisotopic (exact) mass is 209 g/mol. The standard InChI is InChI=1S/C14H11NO/c1-2-10-15(9-1)13-7-5-12(6-8-13)14-4-3-11-16-14/h1-11H. The van der Waals surface area contributed by atoms with Gasteiger partial charge in [0.1, 0.15) is 5.76 Å². The maximum absolute atomic E-state index is 5.34. The molecule has 2 heteroatoms. The summed E-state index contributed by atoms with van der Waals surface area (Å²) in [6.07, 6.45) is 5.75. The Labute approximate surface area is 93.8 Å². The fraction of sp³-hybridized carbons (Fsp3) is 0. The van der Waals surface area contributed by atoms with E-state index in [0.29, 0.717) is 0 Å². The molecule has 0 amide bonds. The normalized spacial score (nSPS) is 10.5. The molecule has 16 heavy (non-hydrogen) atoms. The first-order chi connectivity index (χ1) is 7.93. The predicted molar refractivity (Wildman–Crippen MR) is 63.5 cm³/mol. The third-order valence-electron chi connectivity index (χ3n) is 2.58. The number of aromatic nitrogens is 1. The second-order valence-electron chi connectivity index (χ2n) is 3.61. The van der Waals surface area contributed by atoms with Gasteiger partial charge >= 0.3 is 0 Å². The van der Waals surface area contributed by atoms with Crippen LogP contribution >= 0.6 is 0 Å². The van der Waals surface area contributed by atoms with Crippen LogP contribution in [0.5, 0.6) is 0 Å². The zero-order chi connectivity index (χ0) is 10.8. The molecule has 0 N–H and O–H groups in total. The predicted octanol–water partition coefficient (Wildman–Crippen LogP) is 3.74. The van der Waals surface area contributed by atoms with Crippen molar-refractivity contribution in [1.29, 1.82) is 0 Å². The summed E-state index contributed by atoms with van der Waals surface area (Å²) >= 11 is 0. The molecule has 0 bridgehead atoms. The minimum Gasteiger partial charge on any atom is -0.464 e. The van der Waals surface area contributed by atoms with Gasteiger partial charge in [-0.25, -0.2) is 0 Å². The Morgan fingerprint density at radius 2 is 1.56 bits per heavy atom. The van der Waals surface area contributed by atoms with Gasteiger partial charge in [-0.15, -0.1) is 0 Å². The first-order valence-corrected chi connectivity index (χ1v) is 5.21. The number of furan rings is 1. The van der Waals surface area contributed by atoms with Crippen LogP contribution in [0.4, 0.5) is 0 Å². The summed E-state index contributed by atoms with van der Waals surface area (Å²) < 4.78 is 7.42. The number of nitrogens with zero attached hydrogens (tertiary/aromatic N) is 1. The zero-order valence-corrected chi connectivity index (χ0v) is 8.71. The zero-order valence-electron chi connectivity index (χ0n) is 8.71. The van der Waals surface area contributed by atoms with Crippen LogP contribution in [0.15, 0.2) is 71.6 Å². The van der Waals surface area contributed by atoms with Gasteiger partial charge in [-0.2, -0.15) is 0 Å². The van der Waals surface area contributed by atoms with E-state index < -0.39 is 0 Å². The van der Waals surface area contributed by atoms with Crippen LogP contribution in [0, 0.1) is 0 Å². The topological polar surface area (TPSA) is 18.1 Å². The van der Waals surface area contributed by atoms with Gasteiger partial charge in [0.2, 0.25) is 0 Å². The largest absolute Gasteiger partial charge is 0.464 e. The third-order valence-corrected chi connectivity index (χ3v) is 2.58. The molecule has 3 rings (SSSR count). The summed E-state index contributed by atoms with van der Waals surface area (Å²) in [4.78, 5) is 0. The van der Waals surface area contributed by atoms with E-state index >= 15 is 0 Å². The molecule has 2 heterocycles. The Morgan fingerprint density at radius 1 is 0.812 bits per heavy atom. The van der Waals surface area contributed by atoms with Crippen molar-refractivity contribution >= 4 is 0 Å². The molecule has 0 fully saturated rings. The molecule has 0 aliphatic rings. The second-order valence-corrected chi connectivity index (χ2v) is 3.61. The highest BCUT2D eigenvalue weighted by atomic mass is 16.3. The van der Waals surface area contributed by atoms with Crippen LogP contribution in [-0.4, -0.2) is 4.57 Å². The Balaban J connectivity index is 1.97. The van der Waals surface area contributed by atoms with Gasteiger partial charge in [0, 0.05) is 23.6 Å². The molecule has 0 spiro atoms. The number of hydrogen-bond donors (Lipinski definition) is 0. The SMILES string of the molecule is c1coc(-c2ccc(-n3cccc3)cc2)c1. The van der Waals surface area contributed by atoms with Gasteiger partial charge in [0.05, 0.1) is 6.26 Å². The fourth-order valence-corrected chi connectivity index (χ4v) is 1.75. The average molecular weight is 209 g/mol. The van der Waals surface area contributed by atoms with E-state index in [1.165, 1.54) is 0 Å². The minimum atomic E-state index is 0.902. The van der Waals surface area contributed by atoms with Gasteiger partial charge in [0.15, 0.2) is 0 Å². The summed E-state index contributed by atoms with van der Waals surface area (Å²) in [5.41, 5.74) is 2.25. The first-order valence-electron chi connectivity index (χ1n) is 5.21. The maximum Gasteiger partial charge on any atom is 0.133 e. The van der Waals surface area contributed by atoms with Crippen LogP contribution < -0.4 is 0 Å². The van der Waals surface area contributed by atoms with Gasteiger partial charge in [-0.1, -0.05) is 0 Å². The Kier molecular flexibility index (Phi) is 2.11. The van der Waals surface area contributed by atoms with Gasteiger partial charge < -0.3 is 8.98 Å². The summed E-state index contributed by atoms with van der Waals surface area (Å²) in [5.74, 6) is 0.902. The lowest BCUT2D eigenvalue weighted by molar-refractivity contribution is 0.582. The molecule has 0 aliphatic heterocycles. The van der Waals surface area contributed by atoms with Crippen LogP contribution in [0.3, 0.4) is 0 Å². The lowest BCUT2D eigenvalue weighted by atomic mass is 10.1. The molecule has 2 aromatic heterocycles. The van der Waals surface area contributed by atoms with E-state index in [9.17, 15) is 0 Å². The highest BCUT2D eigenvalue weighted by Crippen LogP contribution is 2.21. The van der Waals surface area contributed by atoms with Crippen LogP contribution in [0.1, 0.15) is 0 Å². The van der Waals surface area contributed by atoms with Gasteiger partial charge in [-0.3, -0.25) is 0 Å². The van der Waals surface area contributed by atoms with Crippen molar-refractivity contribution in [3.63, 3.8) is 0 Å². The highest BCUT2D eigenvalue weighted by Gasteiger charge is 2.00.